The van der Waals surface area contributed by atoms with Crippen LogP contribution < -0.4 is 5.32 Å². The van der Waals surface area contributed by atoms with E-state index in [0.717, 1.165) is 25.6 Å². The van der Waals surface area contributed by atoms with Crippen LogP contribution in [0.5, 0.6) is 0 Å². The van der Waals surface area contributed by atoms with E-state index in [1.807, 2.05) is 0 Å². The third-order valence-electron chi connectivity index (χ3n) is 3.67. The molecule has 1 heterocycles. The molecule has 0 aromatic rings. The number of hydrogen-bond acceptors (Lipinski definition) is 4. The molecule has 0 spiro atoms. The number of aliphatic hydroxyl groups excluding tert-OH is 2. The molecule has 1 saturated carbocycles. The van der Waals surface area contributed by atoms with E-state index in [-0.39, 0.29) is 6.61 Å². The van der Waals surface area contributed by atoms with Crippen LogP contribution in [0.25, 0.3) is 0 Å². The van der Waals surface area contributed by atoms with Crippen molar-refractivity contribution in [3.05, 3.63) is 0 Å². The van der Waals surface area contributed by atoms with Gasteiger partial charge in [0.05, 0.1) is 12.7 Å². The molecule has 3 N–H and O–H groups in total. The predicted octanol–water partition coefficient (Wildman–Crippen LogP) is -0.196. The van der Waals surface area contributed by atoms with Gasteiger partial charge in [0, 0.05) is 19.1 Å². The van der Waals surface area contributed by atoms with Gasteiger partial charge in [0.2, 0.25) is 0 Å². The third kappa shape index (κ3) is 3.70. The Balaban J connectivity index is 1.77. The minimum atomic E-state index is -0.567. The van der Waals surface area contributed by atoms with Gasteiger partial charge >= 0.3 is 0 Å². The van der Waals surface area contributed by atoms with Crippen molar-refractivity contribution in [3.63, 3.8) is 0 Å². The second kappa shape index (κ2) is 5.96. The number of nitrogens with one attached hydrogen (secondary N) is 1. The van der Waals surface area contributed by atoms with Crippen LogP contribution in [0, 0.1) is 5.92 Å². The first kappa shape index (κ1) is 12.3. The lowest BCUT2D eigenvalue weighted by atomic mass is 9.97. The summed E-state index contributed by atoms with van der Waals surface area (Å²) in [5, 5.41) is 21.8. The minimum absolute atomic E-state index is 0.116. The van der Waals surface area contributed by atoms with Crippen LogP contribution in [0.1, 0.15) is 25.7 Å². The molecule has 1 saturated heterocycles. The van der Waals surface area contributed by atoms with Gasteiger partial charge in [0.1, 0.15) is 0 Å². The first-order valence-corrected chi connectivity index (χ1v) is 6.53. The molecule has 16 heavy (non-hydrogen) atoms. The van der Waals surface area contributed by atoms with Gasteiger partial charge in [-0.2, -0.15) is 0 Å². The van der Waals surface area contributed by atoms with Gasteiger partial charge in [-0.05, 0) is 44.7 Å². The van der Waals surface area contributed by atoms with E-state index in [1.54, 1.807) is 0 Å². The highest BCUT2D eigenvalue weighted by Gasteiger charge is 2.31. The summed E-state index contributed by atoms with van der Waals surface area (Å²) in [5.74, 6) is 0.771. The molecule has 0 bridgehead atoms. The summed E-state index contributed by atoms with van der Waals surface area (Å²) in [7, 11) is 0. The van der Waals surface area contributed by atoms with Gasteiger partial charge in [-0.3, -0.25) is 4.90 Å². The molecule has 0 radical (unpaired) electrons. The fourth-order valence-corrected chi connectivity index (χ4v) is 2.54. The monoisotopic (exact) mass is 228 g/mol. The van der Waals surface area contributed by atoms with E-state index in [4.69, 9.17) is 5.11 Å². The second-order valence-electron chi connectivity index (χ2n) is 5.21. The van der Waals surface area contributed by atoms with Gasteiger partial charge in [-0.1, -0.05) is 0 Å². The lowest BCUT2D eigenvalue weighted by Gasteiger charge is -2.31. The molecule has 0 amide bonds. The zero-order valence-corrected chi connectivity index (χ0v) is 9.94. The molecule has 1 atom stereocenters. The SMILES string of the molecule is OCC(O)CN(CC1CCNCC1)C1CC1. The zero-order chi connectivity index (χ0) is 11.4. The Labute approximate surface area is 97.6 Å². The topological polar surface area (TPSA) is 55.7 Å². The average Bonchev–Trinajstić information content (AvgIpc) is 3.13. The maximum Gasteiger partial charge on any atom is 0.0897 e. The molecule has 1 unspecified atom stereocenters. The number of nitrogens with zero attached hydrogens (tertiary/aromatic N) is 1. The van der Waals surface area contributed by atoms with E-state index in [1.165, 1.54) is 25.7 Å². The van der Waals surface area contributed by atoms with Crippen molar-refractivity contribution in [2.75, 3.05) is 32.8 Å². The fourth-order valence-electron chi connectivity index (χ4n) is 2.54. The first-order chi connectivity index (χ1) is 7.79. The highest BCUT2D eigenvalue weighted by atomic mass is 16.3. The minimum Gasteiger partial charge on any atom is -0.394 e. The summed E-state index contributed by atoms with van der Waals surface area (Å²) in [4.78, 5) is 2.39. The number of aliphatic hydroxyl groups is 2. The molecular weight excluding hydrogens is 204 g/mol. The van der Waals surface area contributed by atoms with Gasteiger partial charge < -0.3 is 15.5 Å². The fraction of sp³-hybridized carbons (Fsp3) is 1.00. The van der Waals surface area contributed by atoms with Crippen molar-refractivity contribution in [1.82, 2.24) is 10.2 Å². The van der Waals surface area contributed by atoms with E-state index < -0.39 is 6.10 Å². The largest absolute Gasteiger partial charge is 0.394 e. The zero-order valence-electron chi connectivity index (χ0n) is 9.94. The molecule has 1 aliphatic heterocycles. The Morgan fingerprint density at radius 3 is 2.44 bits per heavy atom. The van der Waals surface area contributed by atoms with Crippen LogP contribution in [0.4, 0.5) is 0 Å². The summed E-state index contributed by atoms with van der Waals surface area (Å²) in [6.45, 7) is 3.89. The molecule has 4 nitrogen and oxygen atoms in total. The summed E-state index contributed by atoms with van der Waals surface area (Å²) >= 11 is 0. The molecule has 0 aromatic carbocycles. The van der Waals surface area contributed by atoms with Gasteiger partial charge in [0.15, 0.2) is 0 Å². The van der Waals surface area contributed by atoms with Crippen molar-refractivity contribution in [2.24, 2.45) is 5.92 Å². The molecule has 2 rings (SSSR count). The normalized spacial score (nSPS) is 24.9. The molecular formula is C12H24N2O2. The molecule has 4 heteroatoms. The van der Waals surface area contributed by atoms with Crippen molar-refractivity contribution < 1.29 is 10.2 Å². The predicted molar refractivity (Wildman–Crippen MR) is 63.3 cm³/mol. The van der Waals surface area contributed by atoms with Crippen LogP contribution in [0.2, 0.25) is 0 Å². The van der Waals surface area contributed by atoms with E-state index in [2.05, 4.69) is 10.2 Å². The number of rotatable bonds is 6. The summed E-state index contributed by atoms with van der Waals surface area (Å²) in [6.07, 6.45) is 4.46. The maximum atomic E-state index is 9.53. The van der Waals surface area contributed by atoms with Crippen LogP contribution in [-0.4, -0.2) is 60.0 Å². The molecule has 0 aromatic heterocycles. The van der Waals surface area contributed by atoms with Crippen LogP contribution in [0.15, 0.2) is 0 Å². The Bertz CT molecular complexity index is 203. The number of piperidine rings is 1. The quantitative estimate of drug-likeness (QED) is 0.589. The van der Waals surface area contributed by atoms with Crippen molar-refractivity contribution in [2.45, 2.75) is 37.8 Å². The Morgan fingerprint density at radius 2 is 1.88 bits per heavy atom. The third-order valence-corrected chi connectivity index (χ3v) is 3.67. The smallest absolute Gasteiger partial charge is 0.0897 e. The van der Waals surface area contributed by atoms with Crippen LogP contribution in [0.3, 0.4) is 0 Å². The van der Waals surface area contributed by atoms with Crippen molar-refractivity contribution in [1.29, 1.82) is 0 Å². The van der Waals surface area contributed by atoms with Gasteiger partial charge in [0.25, 0.3) is 0 Å². The molecule has 2 aliphatic rings. The Hall–Kier alpha value is -0.160. The Morgan fingerprint density at radius 1 is 1.19 bits per heavy atom. The maximum absolute atomic E-state index is 9.53. The molecule has 94 valence electrons. The highest BCUT2D eigenvalue weighted by molar-refractivity contribution is 4.87. The van der Waals surface area contributed by atoms with E-state index in [9.17, 15) is 5.11 Å². The first-order valence-electron chi connectivity index (χ1n) is 6.53. The molecule has 1 aliphatic carbocycles. The van der Waals surface area contributed by atoms with Gasteiger partial charge in [-0.25, -0.2) is 0 Å². The van der Waals surface area contributed by atoms with Crippen LogP contribution in [-0.2, 0) is 0 Å². The average molecular weight is 228 g/mol. The highest BCUT2D eigenvalue weighted by Crippen LogP contribution is 2.28. The summed E-state index contributed by atoms with van der Waals surface area (Å²) in [5.41, 5.74) is 0. The molecule has 2 fully saturated rings. The Kier molecular flexibility index (Phi) is 4.58. The summed E-state index contributed by atoms with van der Waals surface area (Å²) < 4.78 is 0. The van der Waals surface area contributed by atoms with E-state index >= 15 is 0 Å². The van der Waals surface area contributed by atoms with Crippen molar-refractivity contribution >= 4 is 0 Å². The number of hydrogen-bond donors (Lipinski definition) is 3. The standard InChI is InChI=1S/C12H24N2O2/c15-9-12(16)8-14(11-1-2-11)7-10-3-5-13-6-4-10/h10-13,15-16H,1-9H2. The second-order valence-corrected chi connectivity index (χ2v) is 5.21. The van der Waals surface area contributed by atoms with Crippen molar-refractivity contribution in [3.8, 4) is 0 Å². The lowest BCUT2D eigenvalue weighted by molar-refractivity contribution is 0.0493. The van der Waals surface area contributed by atoms with Crippen LogP contribution >= 0.6 is 0 Å². The summed E-state index contributed by atoms with van der Waals surface area (Å²) in [6, 6.07) is 0.677. The lowest BCUT2D eigenvalue weighted by Crippen LogP contribution is -2.41. The van der Waals surface area contributed by atoms with Gasteiger partial charge in [-0.15, -0.1) is 0 Å². The van der Waals surface area contributed by atoms with E-state index in [0.29, 0.717) is 12.6 Å².